The Bertz CT molecular complexity index is 753. The summed E-state index contributed by atoms with van der Waals surface area (Å²) >= 11 is 2.32. The van der Waals surface area contributed by atoms with Gasteiger partial charge in [0.2, 0.25) is 0 Å². The topological polar surface area (TPSA) is 56.7 Å². The van der Waals surface area contributed by atoms with Crippen molar-refractivity contribution in [1.29, 1.82) is 0 Å². The molecule has 2 aromatic heterocycles. The van der Waals surface area contributed by atoms with E-state index in [-0.39, 0.29) is 0 Å². The zero-order chi connectivity index (χ0) is 13.4. The number of aromatic nitrogens is 3. The van der Waals surface area contributed by atoms with Gasteiger partial charge in [-0.2, -0.15) is 5.10 Å². The summed E-state index contributed by atoms with van der Waals surface area (Å²) in [6.07, 6.45) is 6.07. The van der Waals surface area contributed by atoms with Gasteiger partial charge in [0.05, 0.1) is 18.1 Å². The Labute approximate surface area is 125 Å². The molecule has 0 saturated heterocycles. The summed E-state index contributed by atoms with van der Waals surface area (Å²) < 4.78 is 1.98. The predicted octanol–water partition coefficient (Wildman–Crippen LogP) is 3.78. The third kappa shape index (κ3) is 2.21. The van der Waals surface area contributed by atoms with Crippen LogP contribution >= 0.6 is 28.4 Å². The van der Waals surface area contributed by atoms with Crippen LogP contribution < -0.4 is 5.73 Å². The number of nitrogens with zero attached hydrogens (tertiary/aromatic N) is 3. The number of anilines is 1. The summed E-state index contributed by atoms with van der Waals surface area (Å²) in [5.41, 5.74) is 11.4. The summed E-state index contributed by atoms with van der Waals surface area (Å²) in [4.78, 5) is 4.13. The van der Waals surface area contributed by atoms with E-state index in [1.807, 2.05) is 29.0 Å². The summed E-state index contributed by atoms with van der Waals surface area (Å²) in [6.45, 7) is 2.06. The molecule has 1 unspecified atom stereocenters. The second-order valence-corrected chi connectivity index (χ2v) is 6.37. The number of fused-ring (bicyclic) bond motifs is 1. The molecule has 1 aromatic carbocycles. The molecule has 3 aromatic rings. The van der Waals surface area contributed by atoms with Crippen molar-refractivity contribution in [2.45, 2.75) is 6.92 Å². The van der Waals surface area contributed by atoms with Gasteiger partial charge >= 0.3 is 0 Å². The quantitative estimate of drug-likeness (QED) is 0.417. The summed E-state index contributed by atoms with van der Waals surface area (Å²) in [6, 6.07) is 6.17. The smallest absolute Gasteiger partial charge is 0.0756 e. The molecule has 0 radical (unpaired) electrons. The fourth-order valence-electron chi connectivity index (χ4n) is 2.17. The molecule has 0 fully saturated rings. The van der Waals surface area contributed by atoms with Crippen LogP contribution in [0.2, 0.25) is 0 Å². The number of halogens is 1. The molecule has 2 heterocycles. The Morgan fingerprint density at radius 2 is 2.16 bits per heavy atom. The van der Waals surface area contributed by atoms with Gasteiger partial charge in [-0.25, -0.2) is 4.45 Å². The van der Waals surface area contributed by atoms with Gasteiger partial charge in [0.25, 0.3) is 0 Å². The van der Waals surface area contributed by atoms with Crippen molar-refractivity contribution in [3.63, 3.8) is 0 Å². The fourth-order valence-corrected chi connectivity index (χ4v) is 3.70. The first kappa shape index (κ1) is 12.8. The van der Waals surface area contributed by atoms with Crippen molar-refractivity contribution >= 4 is 45.0 Å². The van der Waals surface area contributed by atoms with Crippen molar-refractivity contribution in [2.75, 3.05) is 5.73 Å². The lowest BCUT2D eigenvalue weighted by Gasteiger charge is -2.08. The molecule has 1 atom stereocenters. The molecule has 19 heavy (non-hydrogen) atoms. The van der Waals surface area contributed by atoms with Crippen LogP contribution in [0.1, 0.15) is 5.56 Å². The molecule has 3 rings (SSSR count). The van der Waals surface area contributed by atoms with Crippen LogP contribution in [0.4, 0.5) is 5.69 Å². The van der Waals surface area contributed by atoms with Gasteiger partial charge in [-0.05, 0) is 63.9 Å². The van der Waals surface area contributed by atoms with Crippen molar-refractivity contribution in [1.82, 2.24) is 14.5 Å². The Kier molecular flexibility index (Phi) is 3.41. The third-order valence-electron chi connectivity index (χ3n) is 3.13. The van der Waals surface area contributed by atoms with Crippen molar-refractivity contribution in [3.05, 3.63) is 42.4 Å². The monoisotopic (exact) mass is 382 g/mol. The number of nitrogens with two attached hydrogens (primary N) is 1. The molecule has 96 valence electrons. The molecule has 0 spiro atoms. The molecular formula is C13H12IN4P. The van der Waals surface area contributed by atoms with Gasteiger partial charge in [0, 0.05) is 23.5 Å². The lowest BCUT2D eigenvalue weighted by atomic mass is 10.0. The molecular weight excluding hydrogens is 370 g/mol. The van der Waals surface area contributed by atoms with E-state index in [1.165, 1.54) is 0 Å². The van der Waals surface area contributed by atoms with Crippen LogP contribution in [0.3, 0.4) is 0 Å². The average Bonchev–Trinajstić information content (AvgIpc) is 2.82. The van der Waals surface area contributed by atoms with Gasteiger partial charge in [0.1, 0.15) is 0 Å². The molecule has 0 amide bonds. The maximum Gasteiger partial charge on any atom is 0.0756 e. The molecule has 0 aliphatic heterocycles. The first-order chi connectivity index (χ1) is 9.20. The highest BCUT2D eigenvalue weighted by molar-refractivity contribution is 14.2. The van der Waals surface area contributed by atoms with Crippen LogP contribution in [0.15, 0.2) is 36.8 Å². The number of benzene rings is 1. The molecule has 2 N–H and O–H groups in total. The lowest BCUT2D eigenvalue weighted by molar-refractivity contribution is 1.04. The Hall–Kier alpha value is -1.20. The zero-order valence-corrected chi connectivity index (χ0v) is 13.4. The highest BCUT2D eigenvalue weighted by atomic mass is 127. The van der Waals surface area contributed by atoms with Crippen molar-refractivity contribution in [2.24, 2.45) is 0 Å². The minimum absolute atomic E-state index is 0.564. The van der Waals surface area contributed by atoms with E-state index in [0.717, 1.165) is 33.3 Å². The predicted molar refractivity (Wildman–Crippen MR) is 89.8 cm³/mol. The molecule has 0 bridgehead atoms. The third-order valence-corrected chi connectivity index (χ3v) is 5.02. The number of nitrogen functional groups attached to an aromatic ring is 1. The average molecular weight is 382 g/mol. The van der Waals surface area contributed by atoms with Gasteiger partial charge < -0.3 is 5.73 Å². The number of aryl methyl sites for hydroxylation is 1. The first-order valence-electron chi connectivity index (χ1n) is 5.75. The van der Waals surface area contributed by atoms with E-state index in [9.17, 15) is 0 Å². The summed E-state index contributed by atoms with van der Waals surface area (Å²) in [5.74, 6) is 0. The maximum absolute atomic E-state index is 6.14. The first-order valence-corrected chi connectivity index (χ1v) is 9.81. The van der Waals surface area contributed by atoms with Crippen LogP contribution in [0, 0.1) is 6.92 Å². The van der Waals surface area contributed by atoms with Crippen LogP contribution in [0.5, 0.6) is 0 Å². The van der Waals surface area contributed by atoms with Crippen LogP contribution in [-0.2, 0) is 0 Å². The SMILES string of the molecule is Cc1cnccc1-c1cc(N)c2cnn(PI)c2c1. The normalized spacial score (nSPS) is 11.7. The second-order valence-electron chi connectivity index (χ2n) is 4.33. The molecule has 0 aliphatic rings. The van der Waals surface area contributed by atoms with E-state index in [2.05, 4.69) is 45.1 Å². The fraction of sp³-hybridized carbons (Fsp3) is 0.0769. The van der Waals surface area contributed by atoms with E-state index in [4.69, 9.17) is 5.73 Å². The minimum Gasteiger partial charge on any atom is -0.398 e. The Morgan fingerprint density at radius 1 is 1.32 bits per heavy atom. The molecule has 4 nitrogen and oxygen atoms in total. The van der Waals surface area contributed by atoms with E-state index >= 15 is 0 Å². The van der Waals surface area contributed by atoms with E-state index in [0.29, 0.717) is 6.37 Å². The highest BCUT2D eigenvalue weighted by Crippen LogP contribution is 2.34. The standard InChI is InChI=1S/C13H12IN4P/c1-8-6-16-3-2-10(8)9-4-12(15)11-7-17-18(19-14)13(11)5-9/h2-7,19H,15H2,1H3. The van der Waals surface area contributed by atoms with Gasteiger partial charge in [0.15, 0.2) is 0 Å². The number of hydrogen-bond donors (Lipinski definition) is 1. The number of hydrogen-bond acceptors (Lipinski definition) is 3. The van der Waals surface area contributed by atoms with Crippen molar-refractivity contribution in [3.8, 4) is 11.1 Å². The zero-order valence-electron chi connectivity index (χ0n) is 10.3. The van der Waals surface area contributed by atoms with Crippen LogP contribution in [-0.4, -0.2) is 14.5 Å². The highest BCUT2D eigenvalue weighted by Gasteiger charge is 2.09. The lowest BCUT2D eigenvalue weighted by Crippen LogP contribution is -1.91. The second kappa shape index (κ2) is 5.06. The minimum atomic E-state index is 0.564. The van der Waals surface area contributed by atoms with E-state index < -0.39 is 0 Å². The largest absolute Gasteiger partial charge is 0.398 e. The molecule has 0 saturated carbocycles. The van der Waals surface area contributed by atoms with Crippen molar-refractivity contribution < 1.29 is 0 Å². The van der Waals surface area contributed by atoms with Gasteiger partial charge in [-0.15, -0.1) is 0 Å². The Morgan fingerprint density at radius 3 is 2.89 bits per heavy atom. The number of rotatable bonds is 2. The van der Waals surface area contributed by atoms with Gasteiger partial charge in [-0.3, -0.25) is 4.98 Å². The molecule has 0 aliphatic carbocycles. The summed E-state index contributed by atoms with van der Waals surface area (Å²) in [7, 11) is 0. The van der Waals surface area contributed by atoms with E-state index in [1.54, 1.807) is 6.20 Å². The Balaban J connectivity index is 2.28. The van der Waals surface area contributed by atoms with Gasteiger partial charge in [-0.1, -0.05) is 0 Å². The molecule has 6 heteroatoms. The van der Waals surface area contributed by atoms with Crippen LogP contribution in [0.25, 0.3) is 22.0 Å². The maximum atomic E-state index is 6.14. The summed E-state index contributed by atoms with van der Waals surface area (Å²) in [5, 5.41) is 5.37. The number of pyridine rings is 1.